The summed E-state index contributed by atoms with van der Waals surface area (Å²) in [5, 5.41) is 9.27. The number of amides is 1. The number of hydrogen-bond donors (Lipinski definition) is 1. The highest BCUT2D eigenvalue weighted by atomic mass is 32.2. The first-order valence-corrected chi connectivity index (χ1v) is 12.6. The molecule has 8 heteroatoms. The minimum Gasteiger partial charge on any atom is -0.341 e. The van der Waals surface area contributed by atoms with Crippen molar-refractivity contribution in [2.75, 3.05) is 13.1 Å². The van der Waals surface area contributed by atoms with Crippen LogP contribution in [0, 0.1) is 11.3 Å². The summed E-state index contributed by atoms with van der Waals surface area (Å²) in [6, 6.07) is 9.78. The highest BCUT2D eigenvalue weighted by Crippen LogP contribution is 2.23. The molecular formula is C24H28N4O3S. The van der Waals surface area contributed by atoms with Gasteiger partial charge in [0, 0.05) is 25.8 Å². The predicted molar refractivity (Wildman–Crippen MR) is 122 cm³/mol. The second-order valence-electron chi connectivity index (χ2n) is 8.37. The van der Waals surface area contributed by atoms with Gasteiger partial charge in [0.25, 0.3) is 0 Å². The fourth-order valence-electron chi connectivity index (χ4n) is 4.38. The number of benzene rings is 1. The summed E-state index contributed by atoms with van der Waals surface area (Å²) in [4.78, 5) is 15.3. The van der Waals surface area contributed by atoms with Gasteiger partial charge in [0.2, 0.25) is 15.9 Å². The fraction of sp³-hybridized carbons (Fsp3) is 0.417. The highest BCUT2D eigenvalue weighted by molar-refractivity contribution is 7.89. The molecule has 7 nitrogen and oxygen atoms in total. The van der Waals surface area contributed by atoms with E-state index in [4.69, 9.17) is 0 Å². The summed E-state index contributed by atoms with van der Waals surface area (Å²) in [7, 11) is -3.88. The molecule has 1 aliphatic heterocycles. The molecule has 1 unspecified atom stereocenters. The molecular weight excluding hydrogens is 424 g/mol. The van der Waals surface area contributed by atoms with E-state index >= 15 is 0 Å². The third-order valence-electron chi connectivity index (χ3n) is 6.18. The smallest absolute Gasteiger partial charge is 0.241 e. The van der Waals surface area contributed by atoms with Gasteiger partial charge < -0.3 is 9.47 Å². The molecule has 1 aromatic carbocycles. The van der Waals surface area contributed by atoms with E-state index in [0.717, 1.165) is 36.8 Å². The third-order valence-corrected chi connectivity index (χ3v) is 7.65. The lowest BCUT2D eigenvalue weighted by Crippen LogP contribution is -2.49. The van der Waals surface area contributed by atoms with E-state index in [1.807, 2.05) is 12.2 Å². The minimum absolute atomic E-state index is 0.173. The van der Waals surface area contributed by atoms with E-state index in [1.54, 1.807) is 46.0 Å². The van der Waals surface area contributed by atoms with Crippen LogP contribution in [0.15, 0.2) is 47.5 Å². The van der Waals surface area contributed by atoms with Crippen molar-refractivity contribution < 1.29 is 13.2 Å². The molecule has 0 radical (unpaired) electrons. The Bertz CT molecular complexity index is 1150. The van der Waals surface area contributed by atoms with Crippen molar-refractivity contribution >= 4 is 22.0 Å². The molecule has 2 heterocycles. The normalized spacial score (nSPS) is 16.9. The van der Waals surface area contributed by atoms with E-state index in [2.05, 4.69) is 10.8 Å². The van der Waals surface area contributed by atoms with Gasteiger partial charge in [-0.15, -0.1) is 0 Å². The number of hydrogen-bond acceptors (Lipinski definition) is 4. The Labute approximate surface area is 189 Å². The maximum atomic E-state index is 13.4. The van der Waals surface area contributed by atoms with Crippen molar-refractivity contribution in [2.24, 2.45) is 0 Å². The molecule has 1 aromatic heterocycles. The van der Waals surface area contributed by atoms with Gasteiger partial charge in [-0.05, 0) is 61.1 Å². The van der Waals surface area contributed by atoms with Gasteiger partial charge in [0.15, 0.2) is 0 Å². The predicted octanol–water partition coefficient (Wildman–Crippen LogP) is 3.07. The quantitative estimate of drug-likeness (QED) is 0.698. The van der Waals surface area contributed by atoms with Gasteiger partial charge >= 0.3 is 0 Å². The lowest BCUT2D eigenvalue weighted by molar-refractivity contribution is -0.133. The zero-order valence-electron chi connectivity index (χ0n) is 18.0. The molecule has 32 heavy (non-hydrogen) atoms. The average molecular weight is 453 g/mol. The first-order chi connectivity index (χ1) is 15.5. The first kappa shape index (κ1) is 22.3. The van der Waals surface area contributed by atoms with E-state index in [1.165, 1.54) is 0 Å². The Morgan fingerprint density at radius 2 is 1.94 bits per heavy atom. The zero-order chi connectivity index (χ0) is 22.6. The van der Waals surface area contributed by atoms with Crippen LogP contribution >= 0.6 is 0 Å². The number of sulfonamides is 1. The molecule has 0 bridgehead atoms. The SMILES string of the molecule is N#Cc1cccn1CCC(NS(=O)(=O)c1ccc2c(c1)CC=C2)C(=O)N1CCCCCC1. The molecule has 0 saturated carbocycles. The molecule has 1 N–H and O–H groups in total. The molecule has 1 aliphatic carbocycles. The van der Waals surface area contributed by atoms with Crippen LogP contribution in [0.1, 0.15) is 48.9 Å². The Hall–Kier alpha value is -2.89. The number of rotatable bonds is 7. The molecule has 2 aromatic rings. The molecule has 2 aliphatic rings. The Balaban J connectivity index is 1.56. The second-order valence-corrected chi connectivity index (χ2v) is 10.1. The molecule has 4 rings (SSSR count). The Kier molecular flexibility index (Phi) is 6.77. The monoisotopic (exact) mass is 452 g/mol. The number of likely N-dealkylation sites (tertiary alicyclic amines) is 1. The van der Waals surface area contributed by atoms with Crippen LogP contribution in [0.5, 0.6) is 0 Å². The Morgan fingerprint density at radius 3 is 2.69 bits per heavy atom. The number of nitrogens with one attached hydrogen (secondary N) is 1. The molecule has 1 atom stereocenters. The third kappa shape index (κ3) is 4.95. The number of carbonyl (C=O) groups excluding carboxylic acids is 1. The topological polar surface area (TPSA) is 95.2 Å². The van der Waals surface area contributed by atoms with Crippen LogP contribution in [0.4, 0.5) is 0 Å². The van der Waals surface area contributed by atoms with Gasteiger partial charge in [0.1, 0.15) is 17.8 Å². The maximum Gasteiger partial charge on any atom is 0.241 e. The van der Waals surface area contributed by atoms with Crippen molar-refractivity contribution in [2.45, 2.75) is 56.0 Å². The summed E-state index contributed by atoms with van der Waals surface area (Å²) in [5.41, 5.74) is 2.48. The Morgan fingerprint density at radius 1 is 1.16 bits per heavy atom. The molecule has 168 valence electrons. The van der Waals surface area contributed by atoms with E-state index in [9.17, 15) is 18.5 Å². The van der Waals surface area contributed by atoms with Crippen LogP contribution in [0.2, 0.25) is 0 Å². The van der Waals surface area contributed by atoms with Crippen LogP contribution in [-0.2, 0) is 27.8 Å². The van der Waals surface area contributed by atoms with Crippen molar-refractivity contribution in [1.29, 1.82) is 5.26 Å². The standard InChI is InChI=1S/C24H28N4O3S/c25-18-21-9-6-15-27(21)16-12-23(24(29)28-13-3-1-2-4-14-28)26-32(30,31)22-11-10-19-7-5-8-20(19)17-22/h5-7,9-11,15,17,23,26H,1-4,8,12-14,16H2. The van der Waals surface area contributed by atoms with Crippen molar-refractivity contribution in [3.8, 4) is 6.07 Å². The summed E-state index contributed by atoms with van der Waals surface area (Å²) in [5.74, 6) is -0.191. The fourth-order valence-corrected chi connectivity index (χ4v) is 5.65. The summed E-state index contributed by atoms with van der Waals surface area (Å²) in [6.07, 6.45) is 10.8. The van der Waals surface area contributed by atoms with E-state index in [-0.39, 0.29) is 17.2 Å². The second kappa shape index (κ2) is 9.72. The number of aromatic nitrogens is 1. The summed E-state index contributed by atoms with van der Waals surface area (Å²) in [6.45, 7) is 1.67. The van der Waals surface area contributed by atoms with Gasteiger partial charge in [-0.1, -0.05) is 31.1 Å². The van der Waals surface area contributed by atoms with E-state index in [0.29, 0.717) is 31.7 Å². The lowest BCUT2D eigenvalue weighted by Gasteiger charge is -2.27. The van der Waals surface area contributed by atoms with Crippen LogP contribution < -0.4 is 4.72 Å². The first-order valence-electron chi connectivity index (χ1n) is 11.1. The van der Waals surface area contributed by atoms with Crippen LogP contribution in [0.25, 0.3) is 6.08 Å². The number of allylic oxidation sites excluding steroid dienone is 1. The van der Waals surface area contributed by atoms with Gasteiger partial charge in [-0.2, -0.15) is 9.98 Å². The molecule has 1 amide bonds. The van der Waals surface area contributed by atoms with Crippen molar-refractivity contribution in [3.05, 3.63) is 59.4 Å². The maximum absolute atomic E-state index is 13.4. The zero-order valence-corrected chi connectivity index (χ0v) is 18.9. The van der Waals surface area contributed by atoms with Crippen LogP contribution in [-0.4, -0.2) is 42.9 Å². The van der Waals surface area contributed by atoms with Crippen LogP contribution in [0.3, 0.4) is 0 Å². The summed E-state index contributed by atoms with van der Waals surface area (Å²) < 4.78 is 30.9. The van der Waals surface area contributed by atoms with Crippen molar-refractivity contribution in [3.63, 3.8) is 0 Å². The molecule has 1 fully saturated rings. The minimum atomic E-state index is -3.88. The number of carbonyl (C=O) groups is 1. The highest BCUT2D eigenvalue weighted by Gasteiger charge is 2.30. The van der Waals surface area contributed by atoms with E-state index < -0.39 is 16.1 Å². The lowest BCUT2D eigenvalue weighted by atomic mass is 10.1. The number of nitriles is 1. The number of nitrogens with zero attached hydrogens (tertiary/aromatic N) is 3. The number of aryl methyl sites for hydroxylation is 1. The van der Waals surface area contributed by atoms with Gasteiger partial charge in [0.05, 0.1) is 4.90 Å². The average Bonchev–Trinajstić information content (AvgIpc) is 3.37. The van der Waals surface area contributed by atoms with Gasteiger partial charge in [-0.25, -0.2) is 8.42 Å². The van der Waals surface area contributed by atoms with Crippen molar-refractivity contribution in [1.82, 2.24) is 14.2 Å². The van der Waals surface area contributed by atoms with Gasteiger partial charge in [-0.3, -0.25) is 4.79 Å². The molecule has 0 spiro atoms. The number of fused-ring (bicyclic) bond motifs is 1. The summed E-state index contributed by atoms with van der Waals surface area (Å²) >= 11 is 0. The largest absolute Gasteiger partial charge is 0.341 e. The molecule has 1 saturated heterocycles.